The molecule has 0 amide bonds. The van der Waals surface area contributed by atoms with Crippen LogP contribution in [0.1, 0.15) is 29.8 Å². The van der Waals surface area contributed by atoms with Crippen LogP contribution >= 0.6 is 0 Å². The third-order valence-corrected chi connectivity index (χ3v) is 2.82. The van der Waals surface area contributed by atoms with E-state index >= 15 is 0 Å². The van der Waals surface area contributed by atoms with Gasteiger partial charge in [0, 0.05) is 6.42 Å². The molecule has 1 heterocycles. The van der Waals surface area contributed by atoms with Crippen molar-refractivity contribution < 1.29 is 9.21 Å². The topological polar surface area (TPSA) is 43.1 Å². The largest absolute Gasteiger partial charge is 0.446 e. The second kappa shape index (κ2) is 5.63. The Morgan fingerprint density at radius 3 is 2.61 bits per heavy atom. The lowest BCUT2D eigenvalue weighted by Gasteiger charge is -1.97. The first-order valence-corrected chi connectivity index (χ1v) is 6.13. The fourth-order valence-corrected chi connectivity index (χ4v) is 1.89. The average Bonchev–Trinajstić information content (AvgIpc) is 2.68. The highest BCUT2D eigenvalue weighted by molar-refractivity contribution is 5.77. The summed E-state index contributed by atoms with van der Waals surface area (Å²) in [6.07, 6.45) is 2.03. The Labute approximate surface area is 107 Å². The summed E-state index contributed by atoms with van der Waals surface area (Å²) in [5, 5.41) is 0. The van der Waals surface area contributed by atoms with Crippen molar-refractivity contribution in [1.29, 1.82) is 0 Å². The van der Waals surface area contributed by atoms with E-state index in [2.05, 4.69) is 17.1 Å². The van der Waals surface area contributed by atoms with Gasteiger partial charge in [0.05, 0.1) is 12.1 Å². The van der Waals surface area contributed by atoms with Crippen LogP contribution in [0.3, 0.4) is 0 Å². The summed E-state index contributed by atoms with van der Waals surface area (Å²) in [6, 6.07) is 10.2. The number of aromatic nitrogens is 1. The molecule has 0 bridgehead atoms. The van der Waals surface area contributed by atoms with Gasteiger partial charge in [-0.15, -0.1) is 0 Å². The molecule has 3 heteroatoms. The van der Waals surface area contributed by atoms with Crippen molar-refractivity contribution in [3.05, 3.63) is 53.2 Å². The number of aryl methyl sites for hydroxylation is 3. The maximum absolute atomic E-state index is 11.1. The zero-order chi connectivity index (χ0) is 13.0. The molecule has 2 rings (SSSR count). The van der Waals surface area contributed by atoms with E-state index in [4.69, 9.17) is 4.42 Å². The summed E-state index contributed by atoms with van der Waals surface area (Å²) in [5.41, 5.74) is 2.03. The van der Waals surface area contributed by atoms with E-state index in [1.54, 1.807) is 6.92 Å². The first-order chi connectivity index (χ1) is 8.65. The highest BCUT2D eigenvalue weighted by Crippen LogP contribution is 2.13. The van der Waals surface area contributed by atoms with Crippen molar-refractivity contribution in [2.24, 2.45) is 0 Å². The summed E-state index contributed by atoms with van der Waals surface area (Å²) < 4.78 is 5.57. The molecule has 0 aliphatic heterocycles. The minimum atomic E-state index is 0.112. The van der Waals surface area contributed by atoms with Crippen molar-refractivity contribution in [3.63, 3.8) is 0 Å². The Morgan fingerprint density at radius 1 is 1.22 bits per heavy atom. The predicted molar refractivity (Wildman–Crippen MR) is 69.5 cm³/mol. The summed E-state index contributed by atoms with van der Waals surface area (Å²) in [7, 11) is 0. The van der Waals surface area contributed by atoms with E-state index in [1.807, 2.05) is 25.1 Å². The van der Waals surface area contributed by atoms with Gasteiger partial charge in [0.15, 0.2) is 5.89 Å². The fraction of sp³-hybridized carbons (Fsp3) is 0.333. The monoisotopic (exact) mass is 243 g/mol. The molecule has 3 nitrogen and oxygen atoms in total. The van der Waals surface area contributed by atoms with Crippen molar-refractivity contribution in [2.75, 3.05) is 0 Å². The van der Waals surface area contributed by atoms with E-state index in [0.29, 0.717) is 12.3 Å². The van der Waals surface area contributed by atoms with Gasteiger partial charge >= 0.3 is 0 Å². The molecule has 2 aromatic rings. The van der Waals surface area contributed by atoms with Gasteiger partial charge < -0.3 is 4.42 Å². The average molecular weight is 243 g/mol. The van der Waals surface area contributed by atoms with E-state index < -0.39 is 0 Å². The number of carbonyl (C=O) groups excluding carboxylic acids is 1. The number of hydrogen-bond acceptors (Lipinski definition) is 3. The molecule has 94 valence electrons. The number of benzene rings is 1. The minimum Gasteiger partial charge on any atom is -0.446 e. The first-order valence-electron chi connectivity index (χ1n) is 6.13. The smallest absolute Gasteiger partial charge is 0.194 e. The molecule has 0 radical (unpaired) electrons. The molecule has 0 saturated heterocycles. The Kier molecular flexibility index (Phi) is 3.92. The van der Waals surface area contributed by atoms with Crippen molar-refractivity contribution in [1.82, 2.24) is 4.98 Å². The lowest BCUT2D eigenvalue weighted by atomic mass is 10.1. The van der Waals surface area contributed by atoms with Crippen LogP contribution in [-0.4, -0.2) is 10.8 Å². The van der Waals surface area contributed by atoms with Crippen molar-refractivity contribution >= 4 is 5.78 Å². The normalized spacial score (nSPS) is 10.6. The van der Waals surface area contributed by atoms with Crippen LogP contribution in [0.5, 0.6) is 0 Å². The molecule has 0 aliphatic carbocycles. The van der Waals surface area contributed by atoms with Crippen molar-refractivity contribution in [3.8, 4) is 0 Å². The van der Waals surface area contributed by atoms with E-state index in [0.717, 1.165) is 24.3 Å². The maximum atomic E-state index is 11.1. The molecule has 0 atom stereocenters. The van der Waals surface area contributed by atoms with Gasteiger partial charge in [0.25, 0.3) is 0 Å². The number of ketones is 1. The zero-order valence-corrected chi connectivity index (χ0v) is 10.8. The van der Waals surface area contributed by atoms with Gasteiger partial charge in [-0.05, 0) is 25.8 Å². The molecule has 18 heavy (non-hydrogen) atoms. The first kappa shape index (κ1) is 12.6. The molecule has 0 unspecified atom stereocenters. The Hall–Kier alpha value is -1.90. The summed E-state index contributed by atoms with van der Waals surface area (Å²) >= 11 is 0. The van der Waals surface area contributed by atoms with E-state index in [9.17, 15) is 4.79 Å². The van der Waals surface area contributed by atoms with Crippen LogP contribution in [0.2, 0.25) is 0 Å². The number of rotatable bonds is 5. The standard InChI is InChI=1S/C15H17NO2/c1-11(17)10-14-12(2)18-15(16-14)9-8-13-6-4-3-5-7-13/h3-7H,8-10H2,1-2H3. The molecule has 0 fully saturated rings. The molecule has 0 aliphatic rings. The quantitative estimate of drug-likeness (QED) is 0.811. The van der Waals surface area contributed by atoms with Crippen LogP contribution < -0.4 is 0 Å². The SMILES string of the molecule is CC(=O)Cc1nc(CCc2ccccc2)oc1C. The third-order valence-electron chi connectivity index (χ3n) is 2.82. The summed E-state index contributed by atoms with van der Waals surface area (Å²) in [6.45, 7) is 3.43. The van der Waals surface area contributed by atoms with Crippen LogP contribution in [0.4, 0.5) is 0 Å². The van der Waals surface area contributed by atoms with Gasteiger partial charge in [-0.3, -0.25) is 4.79 Å². The Morgan fingerprint density at radius 2 is 1.94 bits per heavy atom. The number of carbonyl (C=O) groups is 1. The minimum absolute atomic E-state index is 0.112. The van der Waals surface area contributed by atoms with Crippen LogP contribution in [0.15, 0.2) is 34.7 Å². The number of oxazole rings is 1. The van der Waals surface area contributed by atoms with Crippen LogP contribution in [-0.2, 0) is 24.1 Å². The van der Waals surface area contributed by atoms with Gasteiger partial charge in [-0.1, -0.05) is 30.3 Å². The Balaban J connectivity index is 2.00. The summed E-state index contributed by atoms with van der Waals surface area (Å²) in [4.78, 5) is 15.4. The van der Waals surface area contributed by atoms with Crippen LogP contribution in [0, 0.1) is 6.92 Å². The number of Topliss-reactive ketones (excluding diaryl/α,β-unsaturated/α-hetero) is 1. The summed E-state index contributed by atoms with van der Waals surface area (Å²) in [5.74, 6) is 1.59. The highest BCUT2D eigenvalue weighted by Gasteiger charge is 2.11. The fourth-order valence-electron chi connectivity index (χ4n) is 1.89. The predicted octanol–water partition coefficient (Wildman–Crippen LogP) is 2.90. The molecule has 1 aromatic carbocycles. The highest BCUT2D eigenvalue weighted by atomic mass is 16.4. The van der Waals surface area contributed by atoms with Gasteiger partial charge in [-0.25, -0.2) is 4.98 Å². The molecular weight excluding hydrogens is 226 g/mol. The van der Waals surface area contributed by atoms with E-state index in [1.165, 1.54) is 5.56 Å². The van der Waals surface area contributed by atoms with Gasteiger partial charge in [0.1, 0.15) is 11.5 Å². The molecule has 1 aromatic heterocycles. The molecule has 0 N–H and O–H groups in total. The second-order valence-electron chi connectivity index (χ2n) is 4.47. The number of nitrogens with zero attached hydrogens (tertiary/aromatic N) is 1. The van der Waals surface area contributed by atoms with Gasteiger partial charge in [-0.2, -0.15) is 0 Å². The molecular formula is C15H17NO2. The van der Waals surface area contributed by atoms with Crippen molar-refractivity contribution in [2.45, 2.75) is 33.1 Å². The third kappa shape index (κ3) is 3.29. The second-order valence-corrected chi connectivity index (χ2v) is 4.47. The van der Waals surface area contributed by atoms with Gasteiger partial charge in [0.2, 0.25) is 0 Å². The maximum Gasteiger partial charge on any atom is 0.194 e. The lowest BCUT2D eigenvalue weighted by Crippen LogP contribution is -1.98. The lowest BCUT2D eigenvalue weighted by molar-refractivity contribution is -0.116. The molecule has 0 saturated carbocycles. The van der Waals surface area contributed by atoms with E-state index in [-0.39, 0.29) is 5.78 Å². The Bertz CT molecular complexity index is 529. The van der Waals surface area contributed by atoms with Crippen LogP contribution in [0.25, 0.3) is 0 Å². The molecule has 0 spiro atoms. The number of hydrogen-bond donors (Lipinski definition) is 0. The zero-order valence-electron chi connectivity index (χ0n) is 10.8.